The van der Waals surface area contributed by atoms with E-state index in [0.717, 1.165) is 39.8 Å². The van der Waals surface area contributed by atoms with Crippen LogP contribution < -0.4 is 0 Å². The topological polar surface area (TPSA) is 47.6 Å². The zero-order valence-corrected chi connectivity index (χ0v) is 12.0. The molecule has 2 heteroatoms. The van der Waals surface area contributed by atoms with Crippen LogP contribution in [0.2, 0.25) is 0 Å². The van der Waals surface area contributed by atoms with Gasteiger partial charge in [0.2, 0.25) is 0 Å². The molecule has 0 aliphatic heterocycles. The molecule has 0 unspecified atom stereocenters. The average Bonchev–Trinajstić information content (AvgIpc) is 2.44. The van der Waals surface area contributed by atoms with Crippen molar-refractivity contribution >= 4 is 0 Å². The van der Waals surface area contributed by atoms with E-state index in [-0.39, 0.29) is 0 Å². The van der Waals surface area contributed by atoms with Gasteiger partial charge < -0.3 is 0 Å². The lowest BCUT2D eigenvalue weighted by molar-refractivity contribution is 1.13. The van der Waals surface area contributed by atoms with E-state index in [9.17, 15) is 0 Å². The number of hydrogen-bond donors (Lipinski definition) is 0. The summed E-state index contributed by atoms with van der Waals surface area (Å²) in [5.74, 6) is 0. The van der Waals surface area contributed by atoms with Gasteiger partial charge in [-0.25, -0.2) is 0 Å². The van der Waals surface area contributed by atoms with Gasteiger partial charge in [0.25, 0.3) is 0 Å². The molecule has 0 fully saturated rings. The molecule has 0 bridgehead atoms. The van der Waals surface area contributed by atoms with Crippen LogP contribution in [0.4, 0.5) is 0 Å². The van der Waals surface area contributed by atoms with Crippen LogP contribution in [0.5, 0.6) is 0 Å². The van der Waals surface area contributed by atoms with Gasteiger partial charge in [0, 0.05) is 0 Å². The molecule has 0 heterocycles. The van der Waals surface area contributed by atoms with Gasteiger partial charge in [-0.1, -0.05) is 18.2 Å². The molecule has 0 aromatic heterocycles. The van der Waals surface area contributed by atoms with Crippen molar-refractivity contribution in [2.24, 2.45) is 0 Å². The molecule has 0 saturated carbocycles. The maximum Gasteiger partial charge on any atom is 0.0994 e. The van der Waals surface area contributed by atoms with Gasteiger partial charge in [0.15, 0.2) is 0 Å². The molecule has 0 radical (unpaired) electrons. The first kappa shape index (κ1) is 13.8. The third-order valence-corrected chi connectivity index (χ3v) is 3.60. The molecule has 0 aliphatic rings. The summed E-state index contributed by atoms with van der Waals surface area (Å²) < 4.78 is 0. The summed E-state index contributed by atoms with van der Waals surface area (Å²) in [6.07, 6.45) is 0.747. The average molecular weight is 260 g/mol. The quantitative estimate of drug-likeness (QED) is 0.821. The molecule has 0 amide bonds. The first-order valence-corrected chi connectivity index (χ1v) is 6.55. The first-order valence-electron chi connectivity index (χ1n) is 6.55. The summed E-state index contributed by atoms with van der Waals surface area (Å²) in [5.41, 5.74) is 6.81. The van der Waals surface area contributed by atoms with Crippen LogP contribution in [-0.4, -0.2) is 0 Å². The molecule has 0 atom stereocenters. The lowest BCUT2D eigenvalue weighted by Crippen LogP contribution is -1.97. The van der Waals surface area contributed by atoms with E-state index >= 15 is 0 Å². The van der Waals surface area contributed by atoms with Crippen LogP contribution in [-0.2, 0) is 6.42 Å². The van der Waals surface area contributed by atoms with E-state index in [1.54, 1.807) is 0 Å². The molecule has 2 nitrogen and oxygen atoms in total. The van der Waals surface area contributed by atoms with E-state index in [4.69, 9.17) is 10.5 Å². The van der Waals surface area contributed by atoms with Gasteiger partial charge >= 0.3 is 0 Å². The number of aryl methyl sites for hydroxylation is 2. The maximum absolute atomic E-state index is 9.16. The van der Waals surface area contributed by atoms with Crippen molar-refractivity contribution in [3.63, 3.8) is 0 Å². The Kier molecular flexibility index (Phi) is 3.87. The van der Waals surface area contributed by atoms with Gasteiger partial charge in [-0.15, -0.1) is 0 Å². The van der Waals surface area contributed by atoms with Gasteiger partial charge in [0.1, 0.15) is 0 Å². The fourth-order valence-corrected chi connectivity index (χ4v) is 2.35. The summed E-state index contributed by atoms with van der Waals surface area (Å²) in [6, 6.07) is 14.4. The molecule has 0 aliphatic carbocycles. The van der Waals surface area contributed by atoms with Crippen LogP contribution in [0.1, 0.15) is 38.9 Å². The Morgan fingerprint density at radius 1 is 0.900 bits per heavy atom. The minimum atomic E-state index is 0.716. The Morgan fingerprint density at radius 2 is 1.60 bits per heavy atom. The monoisotopic (exact) mass is 260 g/mol. The largest absolute Gasteiger partial charge is 0.192 e. The number of nitrogens with zero attached hydrogens (tertiary/aromatic N) is 2. The van der Waals surface area contributed by atoms with Crippen molar-refractivity contribution in [2.75, 3.05) is 0 Å². The lowest BCUT2D eigenvalue weighted by Gasteiger charge is -2.10. The Balaban J connectivity index is 2.43. The number of nitriles is 2. The fourth-order valence-electron chi connectivity index (χ4n) is 2.35. The molecule has 98 valence electrons. The molecule has 0 spiro atoms. The zero-order chi connectivity index (χ0) is 14.7. The van der Waals surface area contributed by atoms with Crippen LogP contribution in [0.25, 0.3) is 0 Å². The number of benzene rings is 2. The van der Waals surface area contributed by atoms with Gasteiger partial charge in [0.05, 0.1) is 23.3 Å². The summed E-state index contributed by atoms with van der Waals surface area (Å²) in [5, 5.41) is 18.3. The van der Waals surface area contributed by atoms with Crippen molar-refractivity contribution in [3.8, 4) is 12.1 Å². The second-order valence-corrected chi connectivity index (χ2v) is 5.15. The van der Waals surface area contributed by atoms with E-state index in [2.05, 4.69) is 18.2 Å². The predicted molar refractivity (Wildman–Crippen MR) is 79.3 cm³/mol. The second kappa shape index (κ2) is 5.59. The van der Waals surface area contributed by atoms with E-state index in [1.165, 1.54) is 0 Å². The van der Waals surface area contributed by atoms with Gasteiger partial charge in [-0.3, -0.25) is 0 Å². The zero-order valence-electron chi connectivity index (χ0n) is 12.0. The summed E-state index contributed by atoms with van der Waals surface area (Å²) in [7, 11) is 0. The van der Waals surface area contributed by atoms with Crippen LogP contribution >= 0.6 is 0 Å². The Hall–Kier alpha value is -2.58. The maximum atomic E-state index is 9.16. The normalized spacial score (nSPS) is 9.85. The Bertz CT molecular complexity index is 743. The molecule has 2 rings (SSSR count). The smallest absolute Gasteiger partial charge is 0.0994 e. The minimum absolute atomic E-state index is 0.716. The van der Waals surface area contributed by atoms with E-state index in [0.29, 0.717) is 5.56 Å². The third kappa shape index (κ3) is 2.71. The number of hydrogen-bond acceptors (Lipinski definition) is 2. The molecular formula is C18H16N2. The molecule has 20 heavy (non-hydrogen) atoms. The summed E-state index contributed by atoms with van der Waals surface area (Å²) in [4.78, 5) is 0. The summed E-state index contributed by atoms with van der Waals surface area (Å²) in [6.45, 7) is 5.92. The first-order chi connectivity index (χ1) is 9.55. The van der Waals surface area contributed by atoms with Crippen molar-refractivity contribution in [1.82, 2.24) is 0 Å². The predicted octanol–water partition coefficient (Wildman–Crippen LogP) is 3.95. The highest BCUT2D eigenvalue weighted by molar-refractivity contribution is 5.48. The number of rotatable bonds is 2. The van der Waals surface area contributed by atoms with Gasteiger partial charge in [-0.2, -0.15) is 10.5 Å². The Morgan fingerprint density at radius 3 is 2.25 bits per heavy atom. The van der Waals surface area contributed by atoms with Gasteiger partial charge in [-0.05, 0) is 67.1 Å². The van der Waals surface area contributed by atoms with Crippen molar-refractivity contribution < 1.29 is 0 Å². The molecule has 2 aromatic rings. The standard InChI is InChI=1S/C18H16N2/c1-12-6-16(14(3)18(7-12)11-20)8-15-5-4-13(2)17(9-15)10-19/h4-7,9H,8H2,1-3H3. The molecular weight excluding hydrogens is 244 g/mol. The van der Waals surface area contributed by atoms with E-state index in [1.807, 2.05) is 45.0 Å². The van der Waals surface area contributed by atoms with E-state index < -0.39 is 0 Å². The SMILES string of the molecule is Cc1cc(C#N)c(C)c(Cc2ccc(C)c(C#N)c2)c1. The second-order valence-electron chi connectivity index (χ2n) is 5.15. The highest BCUT2D eigenvalue weighted by atomic mass is 14.3. The molecule has 0 saturated heterocycles. The minimum Gasteiger partial charge on any atom is -0.192 e. The van der Waals surface area contributed by atoms with Crippen LogP contribution in [0.3, 0.4) is 0 Å². The third-order valence-electron chi connectivity index (χ3n) is 3.60. The highest BCUT2D eigenvalue weighted by Gasteiger charge is 2.07. The highest BCUT2D eigenvalue weighted by Crippen LogP contribution is 2.21. The molecule has 0 N–H and O–H groups in total. The molecule has 2 aromatic carbocycles. The van der Waals surface area contributed by atoms with Crippen molar-refractivity contribution in [1.29, 1.82) is 10.5 Å². The Labute approximate surface area is 119 Å². The lowest BCUT2D eigenvalue weighted by atomic mass is 9.94. The van der Waals surface area contributed by atoms with Crippen LogP contribution in [0, 0.1) is 43.4 Å². The van der Waals surface area contributed by atoms with Crippen molar-refractivity contribution in [2.45, 2.75) is 27.2 Å². The van der Waals surface area contributed by atoms with Crippen LogP contribution in [0.15, 0.2) is 30.3 Å². The summed E-state index contributed by atoms with van der Waals surface area (Å²) >= 11 is 0. The van der Waals surface area contributed by atoms with Crippen molar-refractivity contribution in [3.05, 3.63) is 69.3 Å². The fraction of sp³-hybridized carbons (Fsp3) is 0.222.